The number of furan rings is 1. The van der Waals surface area contributed by atoms with Crippen LogP contribution in [0.1, 0.15) is 18.2 Å². The molecular weight excluding hydrogens is 304 g/mol. The summed E-state index contributed by atoms with van der Waals surface area (Å²) in [7, 11) is 0. The van der Waals surface area contributed by atoms with E-state index in [0.717, 1.165) is 11.3 Å². The molecule has 1 aromatic heterocycles. The molecule has 0 bridgehead atoms. The van der Waals surface area contributed by atoms with Gasteiger partial charge in [-0.05, 0) is 36.8 Å². The van der Waals surface area contributed by atoms with Gasteiger partial charge in [0.05, 0.1) is 6.26 Å². The largest absolute Gasteiger partial charge is 0.469 e. The third-order valence-electron chi connectivity index (χ3n) is 3.04. The van der Waals surface area contributed by atoms with E-state index < -0.39 is 11.8 Å². The van der Waals surface area contributed by atoms with E-state index in [-0.39, 0.29) is 12.6 Å². The Balaban J connectivity index is 1.76. The van der Waals surface area contributed by atoms with Crippen LogP contribution in [-0.4, -0.2) is 17.9 Å². The maximum absolute atomic E-state index is 11.8. The number of hydrogen-bond acceptors (Lipinski definition) is 3. The molecule has 0 aliphatic carbocycles. The van der Waals surface area contributed by atoms with Gasteiger partial charge in [-0.1, -0.05) is 23.7 Å². The third kappa shape index (κ3) is 4.93. The van der Waals surface area contributed by atoms with Crippen molar-refractivity contribution < 1.29 is 14.0 Å². The van der Waals surface area contributed by atoms with Gasteiger partial charge in [0.15, 0.2) is 0 Å². The highest BCUT2D eigenvalue weighted by molar-refractivity contribution is 6.35. The topological polar surface area (TPSA) is 71.3 Å². The number of halogens is 1. The number of nitrogens with one attached hydrogen (secondary N) is 2. The molecule has 22 heavy (non-hydrogen) atoms. The van der Waals surface area contributed by atoms with E-state index in [0.29, 0.717) is 11.4 Å². The fourth-order valence-electron chi connectivity index (χ4n) is 1.94. The molecule has 1 unspecified atom stereocenters. The lowest BCUT2D eigenvalue weighted by Crippen LogP contribution is -2.44. The molecular formula is C16H17ClN2O3. The monoisotopic (exact) mass is 320 g/mol. The van der Waals surface area contributed by atoms with Crippen molar-refractivity contribution in [3.63, 3.8) is 0 Å². The standard InChI is InChI=1S/C16H17ClN2O3/c1-11(9-14-3-2-8-22-14)19-16(21)15(20)18-10-12-4-6-13(17)7-5-12/h2-8,11H,9-10H2,1H3,(H,18,20)(H,19,21). The molecule has 0 spiro atoms. The lowest BCUT2D eigenvalue weighted by atomic mass is 10.2. The Hall–Kier alpha value is -2.27. The fraction of sp³-hybridized carbons (Fsp3) is 0.250. The summed E-state index contributed by atoms with van der Waals surface area (Å²) in [5.74, 6) is -0.566. The minimum absolute atomic E-state index is 0.195. The first-order chi connectivity index (χ1) is 10.5. The van der Waals surface area contributed by atoms with Gasteiger partial charge in [-0.25, -0.2) is 0 Å². The molecule has 2 aromatic rings. The van der Waals surface area contributed by atoms with Crippen LogP contribution in [0.15, 0.2) is 47.1 Å². The van der Waals surface area contributed by atoms with Crippen LogP contribution in [0.25, 0.3) is 0 Å². The number of rotatable bonds is 5. The average Bonchev–Trinajstić information content (AvgIpc) is 2.99. The van der Waals surface area contributed by atoms with Gasteiger partial charge in [0.25, 0.3) is 0 Å². The van der Waals surface area contributed by atoms with Gasteiger partial charge in [-0.2, -0.15) is 0 Å². The van der Waals surface area contributed by atoms with Crippen molar-refractivity contribution in [3.8, 4) is 0 Å². The molecule has 2 rings (SSSR count). The van der Waals surface area contributed by atoms with Crippen LogP contribution < -0.4 is 10.6 Å². The summed E-state index contributed by atoms with van der Waals surface area (Å²) in [6.45, 7) is 2.09. The zero-order chi connectivity index (χ0) is 15.9. The van der Waals surface area contributed by atoms with E-state index in [1.165, 1.54) is 0 Å². The SMILES string of the molecule is CC(Cc1ccco1)NC(=O)C(=O)NCc1ccc(Cl)cc1. The van der Waals surface area contributed by atoms with Crippen molar-refractivity contribution in [1.82, 2.24) is 10.6 Å². The molecule has 0 fully saturated rings. The van der Waals surface area contributed by atoms with Crippen molar-refractivity contribution in [2.45, 2.75) is 25.9 Å². The molecule has 2 N–H and O–H groups in total. The smallest absolute Gasteiger partial charge is 0.309 e. The molecule has 0 saturated carbocycles. The molecule has 116 valence electrons. The number of amides is 2. The minimum Gasteiger partial charge on any atom is -0.469 e. The number of hydrogen-bond donors (Lipinski definition) is 2. The second kappa shape index (κ2) is 7.66. The summed E-state index contributed by atoms with van der Waals surface area (Å²) in [6.07, 6.45) is 2.10. The van der Waals surface area contributed by atoms with Gasteiger partial charge in [-0.3, -0.25) is 9.59 Å². The van der Waals surface area contributed by atoms with Gasteiger partial charge in [0, 0.05) is 24.0 Å². The van der Waals surface area contributed by atoms with Crippen molar-refractivity contribution in [2.75, 3.05) is 0 Å². The second-order valence-corrected chi connectivity index (χ2v) is 5.40. The van der Waals surface area contributed by atoms with Crippen LogP contribution in [0.3, 0.4) is 0 Å². The quantitative estimate of drug-likeness (QED) is 0.830. The molecule has 1 atom stereocenters. The molecule has 0 radical (unpaired) electrons. The van der Waals surface area contributed by atoms with Crippen LogP contribution in [0.5, 0.6) is 0 Å². The van der Waals surface area contributed by atoms with Crippen LogP contribution in [-0.2, 0) is 22.6 Å². The molecule has 2 amide bonds. The van der Waals surface area contributed by atoms with Crippen molar-refractivity contribution in [3.05, 3.63) is 59.0 Å². The predicted molar refractivity (Wildman–Crippen MR) is 83.3 cm³/mol. The summed E-state index contributed by atoms with van der Waals surface area (Å²) in [5.41, 5.74) is 0.870. The van der Waals surface area contributed by atoms with Crippen molar-refractivity contribution in [2.24, 2.45) is 0 Å². The molecule has 5 nitrogen and oxygen atoms in total. The number of carbonyl (C=O) groups is 2. The van der Waals surface area contributed by atoms with E-state index in [2.05, 4.69) is 10.6 Å². The van der Waals surface area contributed by atoms with Crippen LogP contribution >= 0.6 is 11.6 Å². The zero-order valence-corrected chi connectivity index (χ0v) is 12.9. The van der Waals surface area contributed by atoms with Crippen LogP contribution in [0, 0.1) is 0 Å². The fourth-order valence-corrected chi connectivity index (χ4v) is 2.06. The van der Waals surface area contributed by atoms with Gasteiger partial charge in [0.1, 0.15) is 5.76 Å². The summed E-state index contributed by atoms with van der Waals surface area (Å²) < 4.78 is 5.20. The Morgan fingerprint density at radius 2 is 1.91 bits per heavy atom. The normalized spacial score (nSPS) is 11.7. The molecule has 6 heteroatoms. The maximum Gasteiger partial charge on any atom is 0.309 e. The lowest BCUT2D eigenvalue weighted by Gasteiger charge is -2.12. The molecule has 0 aliphatic heterocycles. The molecule has 1 heterocycles. The second-order valence-electron chi connectivity index (χ2n) is 4.97. The predicted octanol–water partition coefficient (Wildman–Crippen LogP) is 2.30. The number of carbonyl (C=O) groups excluding carboxylic acids is 2. The van der Waals surface area contributed by atoms with E-state index in [1.807, 2.05) is 13.0 Å². The van der Waals surface area contributed by atoms with Crippen LogP contribution in [0.2, 0.25) is 5.02 Å². The Labute approximate surface area is 133 Å². The summed E-state index contributed by atoms with van der Waals surface area (Å²) in [5, 5.41) is 5.82. The van der Waals surface area contributed by atoms with Crippen LogP contribution in [0.4, 0.5) is 0 Å². The number of benzene rings is 1. The highest BCUT2D eigenvalue weighted by atomic mass is 35.5. The van der Waals surface area contributed by atoms with Gasteiger partial charge < -0.3 is 15.1 Å². The van der Waals surface area contributed by atoms with Crippen molar-refractivity contribution in [1.29, 1.82) is 0 Å². The van der Waals surface area contributed by atoms with Gasteiger partial charge in [-0.15, -0.1) is 0 Å². The van der Waals surface area contributed by atoms with Crippen molar-refractivity contribution >= 4 is 23.4 Å². The van der Waals surface area contributed by atoms with E-state index >= 15 is 0 Å². The Morgan fingerprint density at radius 1 is 1.18 bits per heavy atom. The van der Waals surface area contributed by atoms with Gasteiger partial charge >= 0.3 is 11.8 Å². The zero-order valence-electron chi connectivity index (χ0n) is 12.1. The van der Waals surface area contributed by atoms with E-state index in [9.17, 15) is 9.59 Å². The third-order valence-corrected chi connectivity index (χ3v) is 3.29. The summed E-state index contributed by atoms with van der Waals surface area (Å²) in [6, 6.07) is 10.5. The van der Waals surface area contributed by atoms with Gasteiger partial charge in [0.2, 0.25) is 0 Å². The Kier molecular flexibility index (Phi) is 5.61. The first kappa shape index (κ1) is 16.1. The lowest BCUT2D eigenvalue weighted by molar-refractivity contribution is -0.139. The first-order valence-electron chi connectivity index (χ1n) is 6.90. The van der Waals surface area contributed by atoms with E-state index in [1.54, 1.807) is 36.6 Å². The Bertz CT molecular complexity index is 623. The summed E-state index contributed by atoms with van der Waals surface area (Å²) in [4.78, 5) is 23.5. The van der Waals surface area contributed by atoms with E-state index in [4.69, 9.17) is 16.0 Å². The Morgan fingerprint density at radius 3 is 2.55 bits per heavy atom. The molecule has 1 aromatic carbocycles. The molecule has 0 saturated heterocycles. The first-order valence-corrected chi connectivity index (χ1v) is 7.28. The minimum atomic E-state index is -0.666. The highest BCUT2D eigenvalue weighted by Gasteiger charge is 2.16. The summed E-state index contributed by atoms with van der Waals surface area (Å²) >= 11 is 5.78. The maximum atomic E-state index is 11.8. The average molecular weight is 321 g/mol. The highest BCUT2D eigenvalue weighted by Crippen LogP contribution is 2.09. The molecule has 0 aliphatic rings.